The largest absolute Gasteiger partial charge is 0.353 e. The van der Waals surface area contributed by atoms with Crippen molar-refractivity contribution in [3.63, 3.8) is 0 Å². The number of carbonyl (C=O) groups is 2. The van der Waals surface area contributed by atoms with Crippen molar-refractivity contribution >= 4 is 11.8 Å². The van der Waals surface area contributed by atoms with Gasteiger partial charge in [0.05, 0.1) is 0 Å². The summed E-state index contributed by atoms with van der Waals surface area (Å²) in [6.07, 6.45) is 1.51. The van der Waals surface area contributed by atoms with Crippen molar-refractivity contribution in [3.8, 4) is 0 Å². The fraction of sp³-hybridized carbons (Fsp3) is 0.667. The number of H-pyrrole nitrogens is 1. The van der Waals surface area contributed by atoms with Gasteiger partial charge in [-0.2, -0.15) is 5.21 Å². The number of nitrogens with one attached hydrogen (secondary N) is 2. The second kappa shape index (κ2) is 4.89. The Labute approximate surface area is 97.8 Å². The molecule has 0 spiro atoms. The average Bonchev–Trinajstić information content (AvgIpc) is 2.82. The first kappa shape index (κ1) is 11.5. The quantitative estimate of drug-likeness (QED) is 0.683. The van der Waals surface area contributed by atoms with Gasteiger partial charge in [0.25, 0.3) is 11.7 Å². The second-order valence-corrected chi connectivity index (χ2v) is 4.00. The highest BCUT2D eigenvalue weighted by molar-refractivity contribution is 5.90. The molecule has 92 valence electrons. The first-order valence-electron chi connectivity index (χ1n) is 5.46. The van der Waals surface area contributed by atoms with Crippen molar-refractivity contribution in [1.82, 2.24) is 30.8 Å². The van der Waals surface area contributed by atoms with Crippen molar-refractivity contribution in [2.75, 3.05) is 13.1 Å². The average molecular weight is 238 g/mol. The molecule has 8 heteroatoms. The van der Waals surface area contributed by atoms with Gasteiger partial charge in [-0.25, -0.2) is 0 Å². The molecule has 2 rings (SSSR count). The van der Waals surface area contributed by atoms with Gasteiger partial charge in [-0.05, 0) is 18.1 Å². The third-order valence-electron chi connectivity index (χ3n) is 2.73. The highest BCUT2D eigenvalue weighted by Crippen LogP contribution is 2.11. The fourth-order valence-corrected chi connectivity index (χ4v) is 1.91. The van der Waals surface area contributed by atoms with Crippen LogP contribution in [-0.4, -0.2) is 56.5 Å². The zero-order chi connectivity index (χ0) is 12.3. The molecule has 0 saturated carbocycles. The van der Waals surface area contributed by atoms with E-state index < -0.39 is 0 Å². The van der Waals surface area contributed by atoms with Gasteiger partial charge < -0.3 is 10.2 Å². The third-order valence-corrected chi connectivity index (χ3v) is 2.73. The van der Waals surface area contributed by atoms with Crippen molar-refractivity contribution < 1.29 is 9.59 Å². The Morgan fingerprint density at radius 3 is 2.65 bits per heavy atom. The highest BCUT2D eigenvalue weighted by atomic mass is 16.2. The lowest BCUT2D eigenvalue weighted by atomic mass is 10.0. The molecule has 2 amide bonds. The fourth-order valence-electron chi connectivity index (χ4n) is 1.91. The first-order valence-corrected chi connectivity index (χ1v) is 5.46. The van der Waals surface area contributed by atoms with Gasteiger partial charge in [-0.1, -0.05) is 0 Å². The molecule has 8 nitrogen and oxygen atoms in total. The first-order chi connectivity index (χ1) is 8.16. The van der Waals surface area contributed by atoms with Gasteiger partial charge in [-0.15, -0.1) is 10.2 Å². The predicted octanol–water partition coefficient (Wildman–Crippen LogP) is -1.06. The minimum absolute atomic E-state index is 0.0343. The summed E-state index contributed by atoms with van der Waals surface area (Å²) < 4.78 is 0. The summed E-state index contributed by atoms with van der Waals surface area (Å²) in [7, 11) is 0. The van der Waals surface area contributed by atoms with Crippen LogP contribution in [0, 0.1) is 0 Å². The van der Waals surface area contributed by atoms with E-state index in [1.54, 1.807) is 4.90 Å². The molecule has 0 atom stereocenters. The van der Waals surface area contributed by atoms with E-state index in [0.717, 1.165) is 12.8 Å². The molecule has 0 unspecified atom stereocenters. The summed E-state index contributed by atoms with van der Waals surface area (Å²) in [6.45, 7) is 2.69. The molecule has 0 bridgehead atoms. The summed E-state index contributed by atoms with van der Waals surface area (Å²) in [5, 5.41) is 15.8. The smallest absolute Gasteiger partial charge is 0.295 e. The molecule has 2 N–H and O–H groups in total. The summed E-state index contributed by atoms with van der Waals surface area (Å²) in [6, 6.07) is 0.154. The Balaban J connectivity index is 1.87. The van der Waals surface area contributed by atoms with Crippen LogP contribution >= 0.6 is 0 Å². The molecule has 1 aliphatic heterocycles. The SMILES string of the molecule is CC(=O)NC1CCN(C(=O)c2nn[nH]n2)CC1. The number of carbonyl (C=O) groups excluding carboxylic acids is 2. The minimum atomic E-state index is -0.222. The Kier molecular flexibility index (Phi) is 3.31. The number of aromatic nitrogens is 4. The number of hydrogen-bond acceptors (Lipinski definition) is 5. The van der Waals surface area contributed by atoms with E-state index in [1.165, 1.54) is 6.92 Å². The van der Waals surface area contributed by atoms with Crippen molar-refractivity contribution in [1.29, 1.82) is 0 Å². The van der Waals surface area contributed by atoms with E-state index in [-0.39, 0.29) is 23.7 Å². The molecule has 1 aromatic heterocycles. The number of nitrogens with zero attached hydrogens (tertiary/aromatic N) is 4. The summed E-state index contributed by atoms with van der Waals surface area (Å²) in [5.74, 6) is -0.170. The number of likely N-dealkylation sites (tertiary alicyclic amines) is 1. The van der Waals surface area contributed by atoms with Crippen molar-refractivity contribution in [3.05, 3.63) is 5.82 Å². The maximum absolute atomic E-state index is 11.8. The van der Waals surface area contributed by atoms with Crippen molar-refractivity contribution in [2.45, 2.75) is 25.8 Å². The van der Waals surface area contributed by atoms with E-state index in [4.69, 9.17) is 0 Å². The van der Waals surface area contributed by atoms with Gasteiger partial charge in [0.15, 0.2) is 0 Å². The molecular weight excluding hydrogens is 224 g/mol. The summed E-state index contributed by atoms with van der Waals surface area (Å²) in [5.41, 5.74) is 0. The lowest BCUT2D eigenvalue weighted by Crippen LogP contribution is -2.46. The van der Waals surface area contributed by atoms with Crippen LogP contribution in [0.1, 0.15) is 30.4 Å². The molecule has 17 heavy (non-hydrogen) atoms. The molecule has 2 heterocycles. The lowest BCUT2D eigenvalue weighted by Gasteiger charge is -2.31. The number of amides is 2. The van der Waals surface area contributed by atoms with Gasteiger partial charge in [0.2, 0.25) is 5.91 Å². The topological polar surface area (TPSA) is 104 Å². The normalized spacial score (nSPS) is 16.9. The molecular formula is C9H14N6O2. The maximum Gasteiger partial charge on any atom is 0.295 e. The van der Waals surface area contributed by atoms with Crippen LogP contribution in [0.3, 0.4) is 0 Å². The van der Waals surface area contributed by atoms with Gasteiger partial charge >= 0.3 is 0 Å². The molecule has 0 radical (unpaired) electrons. The monoisotopic (exact) mass is 238 g/mol. The third kappa shape index (κ3) is 2.77. The number of aromatic amines is 1. The molecule has 1 fully saturated rings. The zero-order valence-electron chi connectivity index (χ0n) is 9.51. The molecule has 0 aliphatic carbocycles. The van der Waals surface area contributed by atoms with Gasteiger partial charge in [-0.3, -0.25) is 9.59 Å². The van der Waals surface area contributed by atoms with Crippen LogP contribution in [0.15, 0.2) is 0 Å². The van der Waals surface area contributed by atoms with Crippen molar-refractivity contribution in [2.24, 2.45) is 0 Å². The lowest BCUT2D eigenvalue weighted by molar-refractivity contribution is -0.119. The number of tetrazole rings is 1. The van der Waals surface area contributed by atoms with Crippen LogP contribution < -0.4 is 5.32 Å². The molecule has 1 aliphatic rings. The molecule has 1 aromatic rings. The minimum Gasteiger partial charge on any atom is -0.353 e. The van der Waals surface area contributed by atoms with Crippen LogP contribution in [-0.2, 0) is 4.79 Å². The molecule has 1 saturated heterocycles. The highest BCUT2D eigenvalue weighted by Gasteiger charge is 2.25. The standard InChI is InChI=1S/C9H14N6O2/c1-6(16)10-7-2-4-15(5-3-7)9(17)8-11-13-14-12-8/h7H,2-5H2,1H3,(H,10,16)(H,11,12,13,14). The summed E-state index contributed by atoms with van der Waals surface area (Å²) >= 11 is 0. The second-order valence-electron chi connectivity index (χ2n) is 4.00. The van der Waals surface area contributed by atoms with Gasteiger partial charge in [0, 0.05) is 26.1 Å². The van der Waals surface area contributed by atoms with Crippen LogP contribution in [0.5, 0.6) is 0 Å². The Hall–Kier alpha value is -1.99. The van der Waals surface area contributed by atoms with E-state index in [9.17, 15) is 9.59 Å². The Bertz CT molecular complexity index is 396. The Morgan fingerprint density at radius 2 is 2.12 bits per heavy atom. The van der Waals surface area contributed by atoms with Crippen LogP contribution in [0.2, 0.25) is 0 Å². The number of rotatable bonds is 2. The van der Waals surface area contributed by atoms with Crippen LogP contribution in [0.4, 0.5) is 0 Å². The summed E-state index contributed by atoms with van der Waals surface area (Å²) in [4.78, 5) is 24.4. The molecule has 0 aromatic carbocycles. The van der Waals surface area contributed by atoms with Crippen LogP contribution in [0.25, 0.3) is 0 Å². The number of piperidine rings is 1. The van der Waals surface area contributed by atoms with E-state index in [2.05, 4.69) is 25.9 Å². The predicted molar refractivity (Wildman–Crippen MR) is 56.9 cm³/mol. The zero-order valence-corrected chi connectivity index (χ0v) is 9.51. The van der Waals surface area contributed by atoms with E-state index >= 15 is 0 Å². The van der Waals surface area contributed by atoms with Gasteiger partial charge in [0.1, 0.15) is 0 Å². The Morgan fingerprint density at radius 1 is 1.41 bits per heavy atom. The van der Waals surface area contributed by atoms with E-state index in [0.29, 0.717) is 13.1 Å². The van der Waals surface area contributed by atoms with E-state index in [1.807, 2.05) is 0 Å². The number of hydrogen-bond donors (Lipinski definition) is 2. The maximum atomic E-state index is 11.8.